The zero-order valence-electron chi connectivity index (χ0n) is 34.6. The van der Waals surface area contributed by atoms with Crippen LogP contribution in [0.5, 0.6) is 5.75 Å². The lowest BCUT2D eigenvalue weighted by molar-refractivity contribution is -0.162. The third-order valence-corrected chi connectivity index (χ3v) is 12.9. The van der Waals surface area contributed by atoms with E-state index in [0.717, 1.165) is 16.9 Å². The number of carbonyl (C=O) groups excluding carboxylic acids is 4. The Hall–Kier alpha value is -3.30. The van der Waals surface area contributed by atoms with Crippen molar-refractivity contribution in [1.29, 1.82) is 0 Å². The number of methoxy groups -OCH3 is 2. The SMILES string of the molecule is COc1cc2cc(c1Cl)N(C)C(=O)C[C@H](OC(=O)[C@H](C)N(C)C(=O)CCC(C)CSC(C)C)[C@]1(C)O[C@H]1[C@H](C)[C@@H]1C[C@@](O)(NC(=O)O1)[C@H](OC)/C=C/C=C(\C)C2. The second kappa shape index (κ2) is 19.0. The topological polar surface area (TPSA) is 156 Å². The van der Waals surface area contributed by atoms with E-state index in [9.17, 15) is 24.3 Å². The molecule has 1 unspecified atom stereocenters. The molecular weight excluding hydrogens is 762 g/mol. The number of nitrogens with one attached hydrogen (secondary N) is 1. The molecule has 0 aromatic heterocycles. The van der Waals surface area contributed by atoms with Gasteiger partial charge in [0.15, 0.2) is 5.72 Å². The van der Waals surface area contributed by atoms with Crippen LogP contribution in [0.2, 0.25) is 5.02 Å². The number of alkyl carbamates (subject to hydrolysis) is 1. The molecule has 0 spiro atoms. The van der Waals surface area contributed by atoms with Gasteiger partial charge >= 0.3 is 12.1 Å². The molecule has 15 heteroatoms. The van der Waals surface area contributed by atoms with Crippen LogP contribution in [0, 0.1) is 11.8 Å². The summed E-state index contributed by atoms with van der Waals surface area (Å²) in [6.07, 6.45) is 1.97. The summed E-state index contributed by atoms with van der Waals surface area (Å²) in [7, 11) is 6.09. The molecule has 3 amide bonds. The molecule has 56 heavy (non-hydrogen) atoms. The number of nitrogens with zero attached hydrogens (tertiary/aromatic N) is 2. The quantitative estimate of drug-likeness (QED) is 0.197. The van der Waals surface area contributed by atoms with Gasteiger partial charge in [-0.3, -0.25) is 14.9 Å². The highest BCUT2D eigenvalue weighted by molar-refractivity contribution is 7.99. The van der Waals surface area contributed by atoms with E-state index < -0.39 is 65.7 Å². The van der Waals surface area contributed by atoms with Gasteiger partial charge in [0.25, 0.3) is 0 Å². The molecule has 312 valence electrons. The van der Waals surface area contributed by atoms with Gasteiger partial charge in [-0.05, 0) is 68.2 Å². The lowest BCUT2D eigenvalue weighted by atomic mass is 9.83. The number of amides is 3. The van der Waals surface area contributed by atoms with E-state index in [1.54, 1.807) is 52.2 Å². The lowest BCUT2D eigenvalue weighted by Crippen LogP contribution is -2.63. The zero-order chi connectivity index (χ0) is 41.7. The van der Waals surface area contributed by atoms with Gasteiger partial charge < -0.3 is 38.6 Å². The number of esters is 1. The first-order chi connectivity index (χ1) is 26.2. The van der Waals surface area contributed by atoms with Gasteiger partial charge in [-0.15, -0.1) is 0 Å². The summed E-state index contributed by atoms with van der Waals surface area (Å²) in [5.41, 5.74) is -0.887. The summed E-state index contributed by atoms with van der Waals surface area (Å²) in [5, 5.41) is 15.0. The van der Waals surface area contributed by atoms with Crippen LogP contribution in [0.3, 0.4) is 0 Å². The fraction of sp³-hybridized carbons (Fsp3) is 0.659. The number of likely N-dealkylation sites (N-methyl/N-ethyl adjacent to an activating group) is 1. The van der Waals surface area contributed by atoms with Crippen molar-refractivity contribution < 1.29 is 48.0 Å². The third-order valence-electron chi connectivity index (χ3n) is 11.1. The van der Waals surface area contributed by atoms with Crippen LogP contribution in [0.1, 0.15) is 79.7 Å². The number of hydrogen-bond acceptors (Lipinski definition) is 11. The Morgan fingerprint density at radius 3 is 2.54 bits per heavy atom. The highest BCUT2D eigenvalue weighted by Gasteiger charge is 2.64. The molecule has 2 saturated heterocycles. The van der Waals surface area contributed by atoms with Gasteiger partial charge in [-0.25, -0.2) is 9.59 Å². The van der Waals surface area contributed by atoms with E-state index in [4.69, 9.17) is 35.3 Å². The number of epoxide rings is 1. The average molecular weight is 822 g/mol. The van der Waals surface area contributed by atoms with Crippen LogP contribution in [0.4, 0.5) is 10.5 Å². The van der Waals surface area contributed by atoms with Crippen molar-refractivity contribution in [1.82, 2.24) is 10.2 Å². The second-order valence-electron chi connectivity index (χ2n) is 15.9. The molecule has 2 fully saturated rings. The first kappa shape index (κ1) is 45.4. The second-order valence-corrected chi connectivity index (χ2v) is 17.9. The summed E-state index contributed by atoms with van der Waals surface area (Å²) in [6.45, 7) is 13.5. The number of thioether (sulfide) groups is 1. The molecule has 3 aliphatic rings. The largest absolute Gasteiger partial charge is 0.495 e. The highest BCUT2D eigenvalue weighted by atomic mass is 35.5. The molecule has 9 atom stereocenters. The molecule has 13 nitrogen and oxygen atoms in total. The van der Waals surface area contributed by atoms with Crippen LogP contribution in [0.15, 0.2) is 35.9 Å². The number of allylic oxidation sites excluding steroid dienone is 3. The maximum Gasteiger partial charge on any atom is 0.409 e. The maximum atomic E-state index is 14.2. The molecule has 4 bridgehead atoms. The van der Waals surface area contributed by atoms with E-state index in [2.05, 4.69) is 26.1 Å². The lowest BCUT2D eigenvalue weighted by Gasteiger charge is -2.42. The van der Waals surface area contributed by atoms with Gasteiger partial charge in [0, 0.05) is 40.0 Å². The number of aliphatic hydroxyl groups is 1. The van der Waals surface area contributed by atoms with Crippen LogP contribution >= 0.6 is 23.4 Å². The standard InChI is InChI=1S/C41H60ClN3O10S/c1-23(2)56-22-25(4)15-16-34(46)44(8)27(6)38(48)54-33-20-35(47)45(9)29-18-28(19-30(51-10)36(29)42)17-24(3)13-12-14-32(52-11)41(50)21-31(53-39(49)43-41)26(5)37-40(33,7)55-37/h12-14,18-19,23,25-27,31-33,37,50H,15-17,20-22H2,1-11H3,(H,43,49)/b14-12+,24-13+/t25?,26-,27+,31+,32-,33+,37+,40+,41+/m1/s1. The van der Waals surface area contributed by atoms with Gasteiger partial charge in [-0.1, -0.05) is 63.1 Å². The first-order valence-corrected chi connectivity index (χ1v) is 20.6. The molecule has 2 N–H and O–H groups in total. The Kier molecular flexibility index (Phi) is 15.4. The predicted molar refractivity (Wildman–Crippen MR) is 217 cm³/mol. The van der Waals surface area contributed by atoms with Crippen LogP contribution in [0.25, 0.3) is 0 Å². The minimum atomic E-state index is -1.82. The van der Waals surface area contributed by atoms with Gasteiger partial charge in [0.05, 0.1) is 25.3 Å². The summed E-state index contributed by atoms with van der Waals surface area (Å²) < 4.78 is 29.4. The fourth-order valence-electron chi connectivity index (χ4n) is 7.20. The third kappa shape index (κ3) is 10.8. The summed E-state index contributed by atoms with van der Waals surface area (Å²) >= 11 is 8.63. The Balaban J connectivity index is 1.68. The average Bonchev–Trinajstić information content (AvgIpc) is 3.84. The number of halogens is 1. The van der Waals surface area contributed by atoms with Crippen molar-refractivity contribution in [2.45, 2.75) is 128 Å². The normalized spacial score (nSPS) is 30.9. The number of hydrogen-bond donors (Lipinski definition) is 2. The molecule has 3 heterocycles. The molecule has 3 aliphatic heterocycles. The molecule has 4 rings (SSSR count). The number of rotatable bonds is 11. The predicted octanol–water partition coefficient (Wildman–Crippen LogP) is 6.07. The van der Waals surface area contributed by atoms with Gasteiger partial charge in [0.1, 0.15) is 40.7 Å². The Bertz CT molecular complexity index is 1670. The summed E-state index contributed by atoms with van der Waals surface area (Å²) in [6, 6.07) is 2.64. The van der Waals surface area contributed by atoms with Crippen molar-refractivity contribution in [2.75, 3.05) is 39.0 Å². The summed E-state index contributed by atoms with van der Waals surface area (Å²) in [5.74, 6) is -0.191. The number of anilines is 1. The molecule has 0 aliphatic carbocycles. The van der Waals surface area contributed by atoms with E-state index in [0.29, 0.717) is 35.4 Å². The van der Waals surface area contributed by atoms with Gasteiger partial charge in [0.2, 0.25) is 11.8 Å². The van der Waals surface area contributed by atoms with E-state index in [1.165, 1.54) is 24.0 Å². The Morgan fingerprint density at radius 2 is 1.89 bits per heavy atom. The molecule has 0 radical (unpaired) electrons. The highest BCUT2D eigenvalue weighted by Crippen LogP contribution is 2.49. The van der Waals surface area contributed by atoms with Gasteiger partial charge in [-0.2, -0.15) is 11.8 Å². The van der Waals surface area contributed by atoms with Crippen LogP contribution in [-0.4, -0.2) is 115 Å². The zero-order valence-corrected chi connectivity index (χ0v) is 36.1. The Labute approximate surface area is 340 Å². The van der Waals surface area contributed by atoms with Crippen molar-refractivity contribution in [3.05, 3.63) is 46.5 Å². The van der Waals surface area contributed by atoms with Crippen molar-refractivity contribution in [2.24, 2.45) is 11.8 Å². The van der Waals surface area contributed by atoms with E-state index >= 15 is 0 Å². The van der Waals surface area contributed by atoms with E-state index in [-0.39, 0.29) is 30.2 Å². The molecular formula is C41H60ClN3O10S. The number of fused-ring (bicyclic) bond motifs is 5. The Morgan fingerprint density at radius 1 is 1.20 bits per heavy atom. The molecule has 0 saturated carbocycles. The first-order valence-electron chi connectivity index (χ1n) is 19.2. The number of ether oxygens (including phenoxy) is 5. The van der Waals surface area contributed by atoms with Crippen LogP contribution < -0.4 is 15.0 Å². The van der Waals surface area contributed by atoms with Crippen molar-refractivity contribution in [3.63, 3.8) is 0 Å². The summed E-state index contributed by atoms with van der Waals surface area (Å²) in [4.78, 5) is 57.0. The number of carbonyl (C=O) groups is 4. The number of benzene rings is 1. The van der Waals surface area contributed by atoms with Crippen molar-refractivity contribution in [3.8, 4) is 5.75 Å². The minimum Gasteiger partial charge on any atom is -0.495 e. The van der Waals surface area contributed by atoms with Crippen molar-refractivity contribution >= 4 is 52.9 Å². The smallest absolute Gasteiger partial charge is 0.409 e. The fourth-order valence-corrected chi connectivity index (χ4v) is 8.40. The maximum absolute atomic E-state index is 14.2. The minimum absolute atomic E-state index is 0.0453. The molecule has 1 aromatic rings. The van der Waals surface area contributed by atoms with Crippen LogP contribution in [-0.2, 0) is 39.8 Å². The monoisotopic (exact) mass is 821 g/mol. The molecule has 1 aromatic carbocycles. The van der Waals surface area contributed by atoms with E-state index in [1.807, 2.05) is 31.7 Å².